The SMILES string of the molecule is CN(C)c1ccc(N2CCN(C(=O)C3CCCO3)CC2)nn1. The minimum absolute atomic E-state index is 0.145. The third kappa shape index (κ3) is 3.14. The van der Waals surface area contributed by atoms with Crippen LogP contribution in [-0.4, -0.2) is 74.0 Å². The van der Waals surface area contributed by atoms with Gasteiger partial charge in [-0.1, -0.05) is 0 Å². The number of hydrogen-bond donors (Lipinski definition) is 0. The monoisotopic (exact) mass is 305 g/mol. The molecule has 0 aliphatic carbocycles. The molecule has 0 bridgehead atoms. The summed E-state index contributed by atoms with van der Waals surface area (Å²) in [6.07, 6.45) is 1.63. The predicted octanol–water partition coefficient (Wildman–Crippen LogP) is 0.370. The van der Waals surface area contributed by atoms with Gasteiger partial charge in [0.2, 0.25) is 0 Å². The third-order valence-corrected chi connectivity index (χ3v) is 4.22. The number of anilines is 2. The van der Waals surface area contributed by atoms with Gasteiger partial charge in [0.15, 0.2) is 11.6 Å². The molecule has 120 valence electrons. The van der Waals surface area contributed by atoms with Gasteiger partial charge in [-0.05, 0) is 25.0 Å². The fourth-order valence-electron chi connectivity index (χ4n) is 2.86. The van der Waals surface area contributed by atoms with E-state index in [2.05, 4.69) is 15.1 Å². The average molecular weight is 305 g/mol. The molecule has 1 aromatic heterocycles. The fraction of sp³-hybridized carbons (Fsp3) is 0.667. The number of rotatable bonds is 3. The average Bonchev–Trinajstić information content (AvgIpc) is 3.09. The Labute approximate surface area is 130 Å². The zero-order valence-electron chi connectivity index (χ0n) is 13.2. The van der Waals surface area contributed by atoms with Gasteiger partial charge in [-0.3, -0.25) is 4.79 Å². The van der Waals surface area contributed by atoms with Gasteiger partial charge in [0.25, 0.3) is 5.91 Å². The first-order valence-electron chi connectivity index (χ1n) is 7.81. The molecule has 2 aliphatic heterocycles. The van der Waals surface area contributed by atoms with Crippen molar-refractivity contribution in [2.45, 2.75) is 18.9 Å². The summed E-state index contributed by atoms with van der Waals surface area (Å²) in [5.74, 6) is 1.86. The molecule has 3 rings (SSSR count). The molecule has 0 N–H and O–H groups in total. The van der Waals surface area contributed by atoms with Crippen LogP contribution < -0.4 is 9.80 Å². The van der Waals surface area contributed by atoms with Crippen molar-refractivity contribution in [3.8, 4) is 0 Å². The Morgan fingerprint density at radius 3 is 2.55 bits per heavy atom. The summed E-state index contributed by atoms with van der Waals surface area (Å²) in [4.78, 5) is 18.3. The highest BCUT2D eigenvalue weighted by Gasteiger charge is 2.30. The van der Waals surface area contributed by atoms with Crippen LogP contribution in [-0.2, 0) is 9.53 Å². The molecule has 2 fully saturated rings. The van der Waals surface area contributed by atoms with Crippen molar-refractivity contribution in [3.63, 3.8) is 0 Å². The maximum Gasteiger partial charge on any atom is 0.251 e. The number of carbonyl (C=O) groups is 1. The van der Waals surface area contributed by atoms with E-state index in [0.29, 0.717) is 6.61 Å². The van der Waals surface area contributed by atoms with Crippen molar-refractivity contribution in [3.05, 3.63) is 12.1 Å². The van der Waals surface area contributed by atoms with Crippen molar-refractivity contribution in [2.75, 3.05) is 56.7 Å². The van der Waals surface area contributed by atoms with Crippen LogP contribution in [0, 0.1) is 0 Å². The zero-order chi connectivity index (χ0) is 15.5. The van der Waals surface area contributed by atoms with E-state index in [-0.39, 0.29) is 12.0 Å². The van der Waals surface area contributed by atoms with Gasteiger partial charge in [-0.25, -0.2) is 0 Å². The van der Waals surface area contributed by atoms with Crippen LogP contribution in [0.2, 0.25) is 0 Å². The smallest absolute Gasteiger partial charge is 0.251 e. The number of nitrogens with zero attached hydrogens (tertiary/aromatic N) is 5. The summed E-state index contributed by atoms with van der Waals surface area (Å²) in [5.41, 5.74) is 0. The Bertz CT molecular complexity index is 505. The standard InChI is InChI=1S/C15H23N5O2/c1-18(2)13-5-6-14(17-16-13)19-7-9-20(10-8-19)15(21)12-4-3-11-22-12/h5-6,12H,3-4,7-11H2,1-2H3. The molecule has 0 aromatic carbocycles. The van der Waals surface area contributed by atoms with Crippen molar-refractivity contribution in [2.24, 2.45) is 0 Å². The summed E-state index contributed by atoms with van der Waals surface area (Å²) in [6.45, 7) is 3.72. The minimum atomic E-state index is -0.217. The van der Waals surface area contributed by atoms with E-state index < -0.39 is 0 Å². The van der Waals surface area contributed by atoms with Crippen LogP contribution >= 0.6 is 0 Å². The Morgan fingerprint density at radius 2 is 2.00 bits per heavy atom. The fourth-order valence-corrected chi connectivity index (χ4v) is 2.86. The molecular formula is C15H23N5O2. The van der Waals surface area contributed by atoms with Crippen LogP contribution in [0.15, 0.2) is 12.1 Å². The summed E-state index contributed by atoms with van der Waals surface area (Å²) >= 11 is 0. The van der Waals surface area contributed by atoms with Crippen molar-refractivity contribution >= 4 is 17.5 Å². The number of carbonyl (C=O) groups excluding carboxylic acids is 1. The highest BCUT2D eigenvalue weighted by atomic mass is 16.5. The van der Waals surface area contributed by atoms with Crippen molar-refractivity contribution in [1.29, 1.82) is 0 Å². The number of piperazine rings is 1. The maximum atomic E-state index is 12.3. The molecule has 2 aliphatic rings. The van der Waals surface area contributed by atoms with E-state index in [1.807, 2.05) is 36.0 Å². The molecule has 1 amide bonds. The lowest BCUT2D eigenvalue weighted by Crippen LogP contribution is -2.51. The summed E-state index contributed by atoms with van der Waals surface area (Å²) < 4.78 is 5.48. The maximum absolute atomic E-state index is 12.3. The summed E-state index contributed by atoms with van der Waals surface area (Å²) in [6, 6.07) is 3.95. The van der Waals surface area contributed by atoms with Crippen LogP contribution in [0.1, 0.15) is 12.8 Å². The van der Waals surface area contributed by atoms with Crippen molar-refractivity contribution in [1.82, 2.24) is 15.1 Å². The van der Waals surface area contributed by atoms with Gasteiger partial charge in [-0.15, -0.1) is 10.2 Å². The third-order valence-electron chi connectivity index (χ3n) is 4.22. The molecule has 7 nitrogen and oxygen atoms in total. The Balaban J connectivity index is 1.55. The Kier molecular flexibility index (Phi) is 4.42. The first kappa shape index (κ1) is 15.0. The molecule has 3 heterocycles. The molecular weight excluding hydrogens is 282 g/mol. The van der Waals surface area contributed by atoms with Gasteiger partial charge in [0.1, 0.15) is 6.10 Å². The second kappa shape index (κ2) is 6.48. The van der Waals surface area contributed by atoms with Gasteiger partial charge < -0.3 is 19.4 Å². The second-order valence-electron chi connectivity index (χ2n) is 5.96. The van der Waals surface area contributed by atoms with Gasteiger partial charge in [0, 0.05) is 46.9 Å². The molecule has 1 aromatic rings. The molecule has 0 saturated carbocycles. The molecule has 7 heteroatoms. The predicted molar refractivity (Wildman–Crippen MR) is 84.1 cm³/mol. The Morgan fingerprint density at radius 1 is 1.23 bits per heavy atom. The lowest BCUT2D eigenvalue weighted by atomic mass is 10.2. The first-order valence-corrected chi connectivity index (χ1v) is 7.81. The highest BCUT2D eigenvalue weighted by molar-refractivity contribution is 5.81. The minimum Gasteiger partial charge on any atom is -0.368 e. The van der Waals surface area contributed by atoms with E-state index in [4.69, 9.17) is 4.74 Å². The number of hydrogen-bond acceptors (Lipinski definition) is 6. The summed E-state index contributed by atoms with van der Waals surface area (Å²) in [7, 11) is 3.89. The van der Waals surface area contributed by atoms with Crippen LogP contribution in [0.4, 0.5) is 11.6 Å². The molecule has 2 saturated heterocycles. The number of ether oxygens (including phenoxy) is 1. The van der Waals surface area contributed by atoms with Gasteiger partial charge in [-0.2, -0.15) is 0 Å². The quantitative estimate of drug-likeness (QED) is 0.804. The molecule has 1 unspecified atom stereocenters. The van der Waals surface area contributed by atoms with Gasteiger partial charge >= 0.3 is 0 Å². The van der Waals surface area contributed by atoms with E-state index in [9.17, 15) is 4.79 Å². The normalized spacial score (nSPS) is 22.0. The van der Waals surface area contributed by atoms with Crippen LogP contribution in [0.3, 0.4) is 0 Å². The zero-order valence-corrected chi connectivity index (χ0v) is 13.2. The first-order chi connectivity index (χ1) is 10.6. The molecule has 1 atom stereocenters. The number of amides is 1. The molecule has 22 heavy (non-hydrogen) atoms. The van der Waals surface area contributed by atoms with Gasteiger partial charge in [0.05, 0.1) is 0 Å². The second-order valence-corrected chi connectivity index (χ2v) is 5.96. The van der Waals surface area contributed by atoms with E-state index in [0.717, 1.165) is 50.7 Å². The highest BCUT2D eigenvalue weighted by Crippen LogP contribution is 2.18. The molecule has 0 radical (unpaired) electrons. The topological polar surface area (TPSA) is 61.8 Å². The molecule has 0 spiro atoms. The lowest BCUT2D eigenvalue weighted by Gasteiger charge is -2.36. The van der Waals surface area contributed by atoms with Crippen molar-refractivity contribution < 1.29 is 9.53 Å². The lowest BCUT2D eigenvalue weighted by molar-refractivity contribution is -0.141. The van der Waals surface area contributed by atoms with E-state index in [1.165, 1.54) is 0 Å². The largest absolute Gasteiger partial charge is 0.368 e. The summed E-state index contributed by atoms with van der Waals surface area (Å²) in [5, 5.41) is 8.48. The Hall–Kier alpha value is -1.89. The van der Waals surface area contributed by atoms with E-state index >= 15 is 0 Å². The number of aromatic nitrogens is 2. The van der Waals surface area contributed by atoms with E-state index in [1.54, 1.807) is 0 Å². The van der Waals surface area contributed by atoms with Crippen LogP contribution in [0.5, 0.6) is 0 Å². The van der Waals surface area contributed by atoms with Crippen LogP contribution in [0.25, 0.3) is 0 Å².